The number of hydrogen-bond donors (Lipinski definition) is 3. The van der Waals surface area contributed by atoms with Crippen LogP contribution in [-0.2, 0) is 10.3 Å². The molecule has 3 N–H and O–H groups in total. The van der Waals surface area contributed by atoms with Gasteiger partial charge in [-0.3, -0.25) is 4.90 Å². The number of aliphatic hydroxyl groups is 1. The minimum Gasteiger partial charge on any atom is -0.384 e. The van der Waals surface area contributed by atoms with Gasteiger partial charge < -0.3 is 20.5 Å². The third kappa shape index (κ3) is 6.79. The smallest absolute Gasteiger partial charge is 0.191 e. The molecule has 1 aliphatic heterocycles. The van der Waals surface area contributed by atoms with Gasteiger partial charge in [0, 0.05) is 26.2 Å². The SMILES string of the molecule is CCNC(=NCC(C)(O)c1ccccc1)NCC(c1ccc(C)cc1)N1CCOCC1. The van der Waals surface area contributed by atoms with Gasteiger partial charge in [-0.25, -0.2) is 4.99 Å². The Bertz CT molecular complexity index is 815. The van der Waals surface area contributed by atoms with E-state index in [4.69, 9.17) is 4.74 Å². The van der Waals surface area contributed by atoms with Crippen LogP contribution in [0.15, 0.2) is 59.6 Å². The predicted octanol–water partition coefficient (Wildman–Crippen LogP) is 2.83. The summed E-state index contributed by atoms with van der Waals surface area (Å²) in [6, 6.07) is 18.7. The number of hydrogen-bond acceptors (Lipinski definition) is 4. The van der Waals surface area contributed by atoms with E-state index in [2.05, 4.69) is 51.7 Å². The first-order chi connectivity index (χ1) is 15.0. The van der Waals surface area contributed by atoms with Gasteiger partial charge in [-0.15, -0.1) is 0 Å². The van der Waals surface area contributed by atoms with Crippen molar-refractivity contribution in [3.8, 4) is 0 Å². The zero-order valence-electron chi connectivity index (χ0n) is 19.0. The number of aryl methyl sites for hydroxylation is 1. The molecule has 0 saturated carbocycles. The molecule has 1 saturated heterocycles. The summed E-state index contributed by atoms with van der Waals surface area (Å²) in [5, 5.41) is 17.7. The Morgan fingerprint density at radius 1 is 1.10 bits per heavy atom. The highest BCUT2D eigenvalue weighted by Gasteiger charge is 2.24. The third-order valence-electron chi connectivity index (χ3n) is 5.70. The average Bonchev–Trinajstić information content (AvgIpc) is 2.80. The predicted molar refractivity (Wildman–Crippen MR) is 126 cm³/mol. The van der Waals surface area contributed by atoms with Crippen molar-refractivity contribution >= 4 is 5.96 Å². The van der Waals surface area contributed by atoms with Crippen molar-refractivity contribution in [3.63, 3.8) is 0 Å². The summed E-state index contributed by atoms with van der Waals surface area (Å²) in [5.41, 5.74) is 2.38. The van der Waals surface area contributed by atoms with Crippen LogP contribution in [0, 0.1) is 6.92 Å². The molecule has 2 aromatic rings. The summed E-state index contributed by atoms with van der Waals surface area (Å²) in [6.07, 6.45) is 0. The lowest BCUT2D eigenvalue weighted by atomic mass is 9.96. The molecule has 1 fully saturated rings. The van der Waals surface area contributed by atoms with Crippen molar-refractivity contribution in [1.82, 2.24) is 15.5 Å². The molecule has 168 valence electrons. The molecule has 3 rings (SSSR count). The van der Waals surface area contributed by atoms with Crippen LogP contribution in [0.5, 0.6) is 0 Å². The number of morpholine rings is 1. The number of benzene rings is 2. The summed E-state index contributed by atoms with van der Waals surface area (Å²) in [4.78, 5) is 7.15. The van der Waals surface area contributed by atoms with E-state index in [9.17, 15) is 5.11 Å². The van der Waals surface area contributed by atoms with Gasteiger partial charge in [0.1, 0.15) is 5.60 Å². The van der Waals surface area contributed by atoms with E-state index >= 15 is 0 Å². The van der Waals surface area contributed by atoms with Crippen molar-refractivity contribution in [2.45, 2.75) is 32.4 Å². The molecule has 1 heterocycles. The molecule has 0 aromatic heterocycles. The van der Waals surface area contributed by atoms with Crippen LogP contribution >= 0.6 is 0 Å². The maximum atomic E-state index is 10.9. The van der Waals surface area contributed by atoms with Crippen LogP contribution < -0.4 is 10.6 Å². The van der Waals surface area contributed by atoms with E-state index in [0.29, 0.717) is 5.96 Å². The van der Waals surface area contributed by atoms with Crippen molar-refractivity contribution in [1.29, 1.82) is 0 Å². The second-order valence-corrected chi connectivity index (χ2v) is 8.29. The Labute approximate surface area is 186 Å². The molecule has 1 aliphatic rings. The van der Waals surface area contributed by atoms with Gasteiger partial charge in [0.05, 0.1) is 25.8 Å². The fourth-order valence-electron chi connectivity index (χ4n) is 3.79. The molecule has 2 aromatic carbocycles. The normalized spacial score (nSPS) is 18.3. The molecule has 0 amide bonds. The van der Waals surface area contributed by atoms with Gasteiger partial charge in [0.25, 0.3) is 0 Å². The first-order valence-electron chi connectivity index (χ1n) is 11.2. The first kappa shape index (κ1) is 23.3. The van der Waals surface area contributed by atoms with Gasteiger partial charge in [0.2, 0.25) is 0 Å². The summed E-state index contributed by atoms with van der Waals surface area (Å²) in [6.45, 7) is 11.1. The Morgan fingerprint density at radius 3 is 2.42 bits per heavy atom. The maximum absolute atomic E-state index is 10.9. The summed E-state index contributed by atoms with van der Waals surface area (Å²) < 4.78 is 5.56. The van der Waals surface area contributed by atoms with Gasteiger partial charge in [-0.2, -0.15) is 0 Å². The monoisotopic (exact) mass is 424 g/mol. The number of guanidine groups is 1. The lowest BCUT2D eigenvalue weighted by molar-refractivity contribution is 0.0169. The van der Waals surface area contributed by atoms with E-state index < -0.39 is 5.60 Å². The van der Waals surface area contributed by atoms with Gasteiger partial charge in [0.15, 0.2) is 5.96 Å². The van der Waals surface area contributed by atoms with Gasteiger partial charge in [-0.05, 0) is 31.9 Å². The van der Waals surface area contributed by atoms with Crippen LogP contribution in [0.3, 0.4) is 0 Å². The minimum atomic E-state index is -1.02. The number of aliphatic imine (C=N–C) groups is 1. The lowest BCUT2D eigenvalue weighted by Gasteiger charge is -2.35. The molecule has 0 spiro atoms. The largest absolute Gasteiger partial charge is 0.384 e. The Kier molecular flexibility index (Phi) is 8.46. The molecule has 6 heteroatoms. The molecule has 2 unspecified atom stereocenters. The van der Waals surface area contributed by atoms with Gasteiger partial charge in [-0.1, -0.05) is 60.2 Å². The zero-order chi connectivity index (χ0) is 22.1. The second-order valence-electron chi connectivity index (χ2n) is 8.29. The number of ether oxygens (including phenoxy) is 1. The zero-order valence-corrected chi connectivity index (χ0v) is 19.0. The summed E-state index contributed by atoms with van der Waals surface area (Å²) in [7, 11) is 0. The highest BCUT2D eigenvalue weighted by Crippen LogP contribution is 2.22. The van der Waals surface area contributed by atoms with Gasteiger partial charge >= 0.3 is 0 Å². The Morgan fingerprint density at radius 2 is 1.77 bits per heavy atom. The van der Waals surface area contributed by atoms with Crippen molar-refractivity contribution in [2.75, 3.05) is 45.9 Å². The fourth-order valence-corrected chi connectivity index (χ4v) is 3.79. The van der Waals surface area contributed by atoms with Crippen molar-refractivity contribution < 1.29 is 9.84 Å². The first-order valence-corrected chi connectivity index (χ1v) is 11.2. The molecule has 2 atom stereocenters. The molecule has 6 nitrogen and oxygen atoms in total. The Hall–Kier alpha value is -2.41. The highest BCUT2D eigenvalue weighted by molar-refractivity contribution is 5.79. The molecular weight excluding hydrogens is 388 g/mol. The van der Waals surface area contributed by atoms with Crippen molar-refractivity contribution in [2.24, 2.45) is 4.99 Å². The summed E-state index contributed by atoms with van der Waals surface area (Å²) in [5.74, 6) is 0.712. The van der Waals surface area contributed by atoms with E-state index in [1.165, 1.54) is 11.1 Å². The topological polar surface area (TPSA) is 69.1 Å². The molecular formula is C25H36N4O2. The van der Waals surface area contributed by atoms with E-state index in [0.717, 1.165) is 45.0 Å². The van der Waals surface area contributed by atoms with Crippen LogP contribution in [0.2, 0.25) is 0 Å². The number of nitrogens with zero attached hydrogens (tertiary/aromatic N) is 2. The van der Waals surface area contributed by atoms with Crippen LogP contribution in [0.25, 0.3) is 0 Å². The van der Waals surface area contributed by atoms with E-state index in [1.54, 1.807) is 6.92 Å². The number of nitrogens with one attached hydrogen (secondary N) is 2. The quantitative estimate of drug-likeness (QED) is 0.449. The highest BCUT2D eigenvalue weighted by atomic mass is 16.5. The molecule has 0 radical (unpaired) electrons. The Balaban J connectivity index is 1.71. The molecule has 0 aliphatic carbocycles. The number of rotatable bonds is 8. The average molecular weight is 425 g/mol. The second kappa shape index (κ2) is 11.3. The standard InChI is InChI=1S/C25H36N4O2/c1-4-26-24(28-19-25(3,30)22-8-6-5-7-9-22)27-18-23(29-14-16-31-17-15-29)21-12-10-20(2)11-13-21/h5-13,23,30H,4,14-19H2,1-3H3,(H2,26,27,28). The summed E-state index contributed by atoms with van der Waals surface area (Å²) >= 11 is 0. The minimum absolute atomic E-state index is 0.225. The fraction of sp³-hybridized carbons (Fsp3) is 0.480. The van der Waals surface area contributed by atoms with Crippen LogP contribution in [0.1, 0.15) is 36.6 Å². The maximum Gasteiger partial charge on any atom is 0.191 e. The van der Waals surface area contributed by atoms with Crippen LogP contribution in [0.4, 0.5) is 0 Å². The molecule has 31 heavy (non-hydrogen) atoms. The third-order valence-corrected chi connectivity index (χ3v) is 5.70. The molecule has 0 bridgehead atoms. The van der Waals surface area contributed by atoms with E-state index in [-0.39, 0.29) is 12.6 Å². The van der Waals surface area contributed by atoms with Crippen LogP contribution in [-0.4, -0.2) is 61.9 Å². The lowest BCUT2D eigenvalue weighted by Crippen LogP contribution is -2.46. The van der Waals surface area contributed by atoms with E-state index in [1.807, 2.05) is 37.3 Å². The van der Waals surface area contributed by atoms with Crippen molar-refractivity contribution in [3.05, 3.63) is 71.3 Å².